The first-order chi connectivity index (χ1) is 10.2. The lowest BCUT2D eigenvalue weighted by Crippen LogP contribution is -2.21. The summed E-state index contributed by atoms with van der Waals surface area (Å²) in [7, 11) is 0. The predicted octanol–water partition coefficient (Wildman–Crippen LogP) is 4.37. The number of rotatable bonds is 11. The predicted molar refractivity (Wildman–Crippen MR) is 92.1 cm³/mol. The van der Waals surface area contributed by atoms with Crippen molar-refractivity contribution in [2.75, 3.05) is 6.54 Å². The van der Waals surface area contributed by atoms with E-state index >= 15 is 0 Å². The molecule has 118 valence electrons. The first kappa shape index (κ1) is 19.7. The molecule has 0 fully saturated rings. The van der Waals surface area contributed by atoms with Crippen molar-refractivity contribution < 1.29 is 9.59 Å². The Labute approximate surface area is 133 Å². The zero-order chi connectivity index (χ0) is 15.8. The smallest absolute Gasteiger partial charge is 0.244 e. The quantitative estimate of drug-likeness (QED) is 0.350. The number of unbranched alkanes of at least 4 members (excludes halogenated alkanes) is 5. The van der Waals surface area contributed by atoms with Crippen molar-refractivity contribution in [2.24, 2.45) is 0 Å². The SMILES string of the molecule is CC=CC=CC(=O)SC=CC(=O)NCCCCCCCC. The zero-order valence-corrected chi connectivity index (χ0v) is 14.0. The monoisotopic (exact) mass is 309 g/mol. The average Bonchev–Trinajstić information content (AvgIpc) is 2.46. The Morgan fingerprint density at radius 1 is 1.00 bits per heavy atom. The van der Waals surface area contributed by atoms with Gasteiger partial charge in [-0.25, -0.2) is 0 Å². The molecule has 0 aromatic heterocycles. The van der Waals surface area contributed by atoms with Gasteiger partial charge in [0.25, 0.3) is 0 Å². The minimum absolute atomic E-state index is 0.0897. The largest absolute Gasteiger partial charge is 0.353 e. The lowest BCUT2D eigenvalue weighted by atomic mass is 10.1. The van der Waals surface area contributed by atoms with Gasteiger partial charge in [-0.2, -0.15) is 0 Å². The van der Waals surface area contributed by atoms with Gasteiger partial charge in [0, 0.05) is 12.6 Å². The molecule has 0 spiro atoms. The van der Waals surface area contributed by atoms with Gasteiger partial charge in [0.05, 0.1) is 0 Å². The summed E-state index contributed by atoms with van der Waals surface area (Å²) in [5, 5.41) is 4.26. The van der Waals surface area contributed by atoms with Gasteiger partial charge in [-0.05, 0) is 24.8 Å². The fourth-order valence-corrected chi connectivity index (χ4v) is 2.11. The molecular formula is C17H27NO2S. The summed E-state index contributed by atoms with van der Waals surface area (Å²) < 4.78 is 0. The van der Waals surface area contributed by atoms with E-state index in [1.807, 2.05) is 13.0 Å². The molecule has 0 rings (SSSR count). The highest BCUT2D eigenvalue weighted by Gasteiger charge is 1.96. The molecule has 0 aromatic carbocycles. The van der Waals surface area contributed by atoms with Gasteiger partial charge in [0.2, 0.25) is 11.0 Å². The number of amides is 1. The topological polar surface area (TPSA) is 46.2 Å². The van der Waals surface area contributed by atoms with E-state index in [4.69, 9.17) is 0 Å². The second kappa shape index (κ2) is 15.1. The molecule has 0 heterocycles. The molecule has 4 heteroatoms. The van der Waals surface area contributed by atoms with Crippen LogP contribution >= 0.6 is 11.8 Å². The van der Waals surface area contributed by atoms with Crippen molar-refractivity contribution >= 4 is 22.8 Å². The van der Waals surface area contributed by atoms with Crippen LogP contribution in [0.2, 0.25) is 0 Å². The van der Waals surface area contributed by atoms with Crippen LogP contribution < -0.4 is 5.32 Å². The van der Waals surface area contributed by atoms with Gasteiger partial charge < -0.3 is 5.32 Å². The minimum atomic E-state index is -0.138. The maximum atomic E-state index is 11.5. The Morgan fingerprint density at radius 2 is 1.71 bits per heavy atom. The fourth-order valence-electron chi connectivity index (χ4n) is 1.62. The Balaban J connectivity index is 3.60. The molecule has 0 aromatic rings. The number of carbonyl (C=O) groups is 2. The summed E-state index contributed by atoms with van der Waals surface area (Å²) in [4.78, 5) is 22.8. The average molecular weight is 309 g/mol. The van der Waals surface area contributed by atoms with E-state index in [2.05, 4.69) is 12.2 Å². The molecule has 21 heavy (non-hydrogen) atoms. The third-order valence-corrected chi connectivity index (χ3v) is 3.41. The van der Waals surface area contributed by atoms with E-state index in [0.29, 0.717) is 6.54 Å². The van der Waals surface area contributed by atoms with E-state index in [0.717, 1.165) is 24.6 Å². The summed E-state index contributed by atoms with van der Waals surface area (Å²) in [6, 6.07) is 0. The summed E-state index contributed by atoms with van der Waals surface area (Å²) in [5.74, 6) is -0.138. The molecular weight excluding hydrogens is 282 g/mol. The highest BCUT2D eigenvalue weighted by Crippen LogP contribution is 2.05. The normalized spacial score (nSPS) is 11.7. The Bertz CT molecular complexity index is 373. The Morgan fingerprint density at radius 3 is 2.43 bits per heavy atom. The summed E-state index contributed by atoms with van der Waals surface area (Å²) in [6.45, 7) is 4.79. The van der Waals surface area contributed by atoms with Crippen LogP contribution in [-0.2, 0) is 9.59 Å². The molecule has 0 radical (unpaired) electrons. The van der Waals surface area contributed by atoms with E-state index in [1.165, 1.54) is 43.2 Å². The molecule has 1 amide bonds. The minimum Gasteiger partial charge on any atom is -0.353 e. The van der Waals surface area contributed by atoms with Gasteiger partial charge in [-0.15, -0.1) is 0 Å². The maximum absolute atomic E-state index is 11.5. The van der Waals surface area contributed by atoms with Crippen molar-refractivity contribution in [1.29, 1.82) is 0 Å². The summed E-state index contributed by atoms with van der Waals surface area (Å²) in [6.07, 6.45) is 15.4. The number of carbonyl (C=O) groups excluding carboxylic acids is 2. The van der Waals surface area contributed by atoms with Gasteiger partial charge in [-0.3, -0.25) is 9.59 Å². The summed E-state index contributed by atoms with van der Waals surface area (Å²) >= 11 is 1.01. The Hall–Kier alpha value is -1.29. The van der Waals surface area contributed by atoms with Crippen molar-refractivity contribution in [2.45, 2.75) is 52.4 Å². The highest BCUT2D eigenvalue weighted by molar-refractivity contribution is 8.16. The van der Waals surface area contributed by atoms with Crippen LogP contribution in [0.25, 0.3) is 0 Å². The van der Waals surface area contributed by atoms with Crippen molar-refractivity contribution in [1.82, 2.24) is 5.32 Å². The van der Waals surface area contributed by atoms with Crippen LogP contribution in [0.1, 0.15) is 52.4 Å². The van der Waals surface area contributed by atoms with Crippen LogP contribution in [0.15, 0.2) is 35.8 Å². The van der Waals surface area contributed by atoms with Crippen LogP contribution in [0.4, 0.5) is 0 Å². The molecule has 0 aliphatic heterocycles. The fraction of sp³-hybridized carbons (Fsp3) is 0.529. The first-order valence-corrected chi connectivity index (χ1v) is 8.53. The van der Waals surface area contributed by atoms with E-state index in [-0.39, 0.29) is 11.0 Å². The summed E-state index contributed by atoms with van der Waals surface area (Å²) in [5.41, 5.74) is 0. The van der Waals surface area contributed by atoms with E-state index in [1.54, 1.807) is 12.2 Å². The van der Waals surface area contributed by atoms with Crippen LogP contribution in [0.3, 0.4) is 0 Å². The Kier molecular flexibility index (Phi) is 14.2. The highest BCUT2D eigenvalue weighted by atomic mass is 32.2. The lowest BCUT2D eigenvalue weighted by molar-refractivity contribution is -0.116. The lowest BCUT2D eigenvalue weighted by Gasteiger charge is -2.02. The van der Waals surface area contributed by atoms with Crippen LogP contribution in [-0.4, -0.2) is 17.6 Å². The number of nitrogens with one attached hydrogen (secondary N) is 1. The second-order valence-corrected chi connectivity index (χ2v) is 5.59. The van der Waals surface area contributed by atoms with E-state index < -0.39 is 0 Å². The van der Waals surface area contributed by atoms with Gasteiger partial charge in [-0.1, -0.05) is 69.0 Å². The third kappa shape index (κ3) is 14.9. The van der Waals surface area contributed by atoms with Gasteiger partial charge in [0.1, 0.15) is 0 Å². The first-order valence-electron chi connectivity index (χ1n) is 7.65. The molecule has 0 saturated carbocycles. The molecule has 1 N–H and O–H groups in total. The van der Waals surface area contributed by atoms with Crippen molar-refractivity contribution in [3.05, 3.63) is 35.8 Å². The second-order valence-electron chi connectivity index (χ2n) is 4.68. The van der Waals surface area contributed by atoms with Crippen molar-refractivity contribution in [3.63, 3.8) is 0 Å². The number of hydrogen-bond acceptors (Lipinski definition) is 3. The van der Waals surface area contributed by atoms with Crippen molar-refractivity contribution in [3.8, 4) is 0 Å². The zero-order valence-electron chi connectivity index (χ0n) is 13.1. The van der Waals surface area contributed by atoms with Crippen LogP contribution in [0, 0.1) is 0 Å². The molecule has 0 unspecified atom stereocenters. The standard InChI is InChI=1S/C17H27NO2S/c1-3-5-7-8-9-11-14-18-16(19)13-15-21-17(20)12-10-6-4-2/h4,6,10,12-13,15H,3,5,7-9,11,14H2,1-2H3,(H,18,19). The third-order valence-electron chi connectivity index (χ3n) is 2.77. The number of allylic oxidation sites excluding steroid dienone is 3. The molecule has 0 aliphatic carbocycles. The molecule has 0 aliphatic rings. The molecule has 0 saturated heterocycles. The number of thioether (sulfide) groups is 1. The number of hydrogen-bond donors (Lipinski definition) is 1. The van der Waals surface area contributed by atoms with Gasteiger partial charge in [0.15, 0.2) is 0 Å². The van der Waals surface area contributed by atoms with Gasteiger partial charge >= 0.3 is 0 Å². The molecule has 0 bridgehead atoms. The molecule has 0 atom stereocenters. The van der Waals surface area contributed by atoms with Crippen LogP contribution in [0.5, 0.6) is 0 Å². The molecule has 3 nitrogen and oxygen atoms in total. The van der Waals surface area contributed by atoms with E-state index in [9.17, 15) is 9.59 Å². The maximum Gasteiger partial charge on any atom is 0.244 e.